The van der Waals surface area contributed by atoms with Crippen molar-refractivity contribution >= 4 is 40.8 Å². The van der Waals surface area contributed by atoms with Gasteiger partial charge in [-0.2, -0.15) is 0 Å². The number of anilines is 1. The van der Waals surface area contributed by atoms with Crippen molar-refractivity contribution in [3.63, 3.8) is 0 Å². The fourth-order valence-corrected chi connectivity index (χ4v) is 4.93. The number of urea groups is 1. The molecule has 2 saturated heterocycles. The van der Waals surface area contributed by atoms with E-state index in [4.69, 9.17) is 23.2 Å². The van der Waals surface area contributed by atoms with Crippen LogP contribution in [0.25, 0.3) is 0 Å². The number of carbonyl (C=O) groups excluding carboxylic acids is 2. The molecule has 2 aliphatic heterocycles. The van der Waals surface area contributed by atoms with Crippen molar-refractivity contribution < 1.29 is 14.7 Å². The molecule has 170 valence electrons. The second-order valence-electron chi connectivity index (χ2n) is 8.37. The second kappa shape index (κ2) is 9.27. The molecule has 32 heavy (non-hydrogen) atoms. The largest absolute Gasteiger partial charge is 0.390 e. The highest BCUT2D eigenvalue weighted by molar-refractivity contribution is 6.35. The van der Waals surface area contributed by atoms with E-state index in [0.29, 0.717) is 22.2 Å². The van der Waals surface area contributed by atoms with Crippen molar-refractivity contribution in [3.05, 3.63) is 64.1 Å². The first kappa shape index (κ1) is 22.9. The fourth-order valence-electron chi connectivity index (χ4n) is 4.33. The number of aliphatic hydroxyl groups excluding tert-OH is 1. The Balaban J connectivity index is 1.35. The molecule has 0 bridgehead atoms. The molecule has 0 spiro atoms. The van der Waals surface area contributed by atoms with Crippen molar-refractivity contribution in [2.45, 2.75) is 18.6 Å². The standard InChI is InChI=1S/C23H26Cl2N4O3/c1-23(19-8-7-16(24)13-20(19)25)21(31)29(22(32)26-23)15-18(30)14-27-9-11-28(12-10-27)17-5-3-2-4-6-17/h2-8,13,18,30H,9-12,14-15H2,1H3,(H,26,32). The molecule has 2 unspecified atom stereocenters. The van der Waals surface area contributed by atoms with E-state index in [1.165, 1.54) is 11.8 Å². The molecule has 2 atom stereocenters. The van der Waals surface area contributed by atoms with Crippen LogP contribution in [0, 0.1) is 0 Å². The highest BCUT2D eigenvalue weighted by Gasteiger charge is 2.50. The summed E-state index contributed by atoms with van der Waals surface area (Å²) in [6.45, 7) is 5.22. The summed E-state index contributed by atoms with van der Waals surface area (Å²) in [6.07, 6.45) is -0.851. The topological polar surface area (TPSA) is 76.1 Å². The average Bonchev–Trinajstić information content (AvgIpc) is 2.98. The SMILES string of the molecule is CC1(c2ccc(Cl)cc2Cl)NC(=O)N(CC(O)CN2CCN(c3ccccc3)CC2)C1=O. The van der Waals surface area contributed by atoms with Crippen molar-refractivity contribution in [2.75, 3.05) is 44.2 Å². The molecule has 2 N–H and O–H groups in total. The number of hydrogen-bond acceptors (Lipinski definition) is 5. The molecule has 0 radical (unpaired) electrons. The summed E-state index contributed by atoms with van der Waals surface area (Å²) in [5, 5.41) is 14.1. The van der Waals surface area contributed by atoms with Gasteiger partial charge in [-0.05, 0) is 31.2 Å². The van der Waals surface area contributed by atoms with Crippen LogP contribution in [0.3, 0.4) is 0 Å². The summed E-state index contributed by atoms with van der Waals surface area (Å²) < 4.78 is 0. The first-order chi connectivity index (χ1) is 15.3. The zero-order valence-corrected chi connectivity index (χ0v) is 19.3. The summed E-state index contributed by atoms with van der Waals surface area (Å²) in [4.78, 5) is 31.2. The van der Waals surface area contributed by atoms with E-state index in [-0.39, 0.29) is 6.54 Å². The van der Waals surface area contributed by atoms with Gasteiger partial charge in [-0.3, -0.25) is 14.6 Å². The maximum Gasteiger partial charge on any atom is 0.325 e. The third kappa shape index (κ3) is 4.57. The number of β-amino-alcohol motifs (C(OH)–C–C–N with tert-alkyl or cyclic N) is 1. The number of imide groups is 1. The molecular weight excluding hydrogens is 451 g/mol. The Morgan fingerprint density at radius 3 is 2.38 bits per heavy atom. The van der Waals surface area contributed by atoms with Gasteiger partial charge in [0.2, 0.25) is 0 Å². The average molecular weight is 477 g/mol. The predicted octanol–water partition coefficient (Wildman–Crippen LogP) is 2.94. The molecule has 2 aromatic rings. The molecule has 4 rings (SSSR count). The van der Waals surface area contributed by atoms with E-state index < -0.39 is 23.6 Å². The molecule has 0 aliphatic carbocycles. The van der Waals surface area contributed by atoms with Crippen molar-refractivity contribution in [1.82, 2.24) is 15.1 Å². The van der Waals surface area contributed by atoms with E-state index in [0.717, 1.165) is 31.1 Å². The van der Waals surface area contributed by atoms with E-state index in [9.17, 15) is 14.7 Å². The Morgan fingerprint density at radius 1 is 1.03 bits per heavy atom. The van der Waals surface area contributed by atoms with Crippen LogP contribution in [0.15, 0.2) is 48.5 Å². The first-order valence-electron chi connectivity index (χ1n) is 10.6. The Morgan fingerprint density at radius 2 is 1.72 bits per heavy atom. The molecule has 9 heteroatoms. The van der Waals surface area contributed by atoms with E-state index in [2.05, 4.69) is 27.2 Å². The van der Waals surface area contributed by atoms with Crippen molar-refractivity contribution in [3.8, 4) is 0 Å². The molecule has 2 aliphatic rings. The van der Waals surface area contributed by atoms with Gasteiger partial charge in [0, 0.05) is 54.0 Å². The van der Waals surface area contributed by atoms with Gasteiger partial charge in [-0.1, -0.05) is 47.5 Å². The number of halogens is 2. The van der Waals surface area contributed by atoms with Crippen LogP contribution in [0.2, 0.25) is 10.0 Å². The van der Waals surface area contributed by atoms with Gasteiger partial charge in [0.15, 0.2) is 0 Å². The number of para-hydroxylation sites is 1. The minimum atomic E-state index is -1.31. The second-order valence-corrected chi connectivity index (χ2v) is 9.22. The van der Waals surface area contributed by atoms with Crippen LogP contribution >= 0.6 is 23.2 Å². The third-order valence-corrected chi connectivity index (χ3v) is 6.65. The first-order valence-corrected chi connectivity index (χ1v) is 11.3. The third-order valence-electron chi connectivity index (χ3n) is 6.10. The molecule has 2 heterocycles. The number of hydrogen-bond donors (Lipinski definition) is 2. The lowest BCUT2D eigenvalue weighted by Gasteiger charge is -2.37. The maximum absolute atomic E-state index is 13.1. The Hall–Kier alpha value is -2.32. The lowest BCUT2D eigenvalue weighted by Crippen LogP contribution is -2.50. The van der Waals surface area contributed by atoms with Crippen LogP contribution in [0.1, 0.15) is 12.5 Å². The van der Waals surface area contributed by atoms with Crippen LogP contribution in [-0.4, -0.2) is 72.2 Å². The van der Waals surface area contributed by atoms with Gasteiger partial charge in [-0.25, -0.2) is 4.79 Å². The van der Waals surface area contributed by atoms with Gasteiger partial charge >= 0.3 is 6.03 Å². The number of benzene rings is 2. The van der Waals surface area contributed by atoms with Gasteiger partial charge in [0.25, 0.3) is 5.91 Å². The lowest BCUT2D eigenvalue weighted by atomic mass is 9.92. The van der Waals surface area contributed by atoms with E-state index in [1.54, 1.807) is 19.1 Å². The Bertz CT molecular complexity index is 998. The lowest BCUT2D eigenvalue weighted by molar-refractivity contribution is -0.132. The summed E-state index contributed by atoms with van der Waals surface area (Å²) in [5.74, 6) is -0.445. The maximum atomic E-state index is 13.1. The van der Waals surface area contributed by atoms with Gasteiger partial charge in [0.05, 0.1) is 12.6 Å². The summed E-state index contributed by atoms with van der Waals surface area (Å²) in [5.41, 5.74) is 0.350. The molecule has 0 saturated carbocycles. The van der Waals surface area contributed by atoms with Crippen molar-refractivity contribution in [2.24, 2.45) is 0 Å². The number of rotatable bonds is 6. The predicted molar refractivity (Wildman–Crippen MR) is 125 cm³/mol. The summed E-state index contributed by atoms with van der Waals surface area (Å²) in [6, 6.07) is 14.5. The number of nitrogens with zero attached hydrogens (tertiary/aromatic N) is 3. The monoisotopic (exact) mass is 476 g/mol. The van der Waals surface area contributed by atoms with E-state index >= 15 is 0 Å². The highest BCUT2D eigenvalue weighted by Crippen LogP contribution is 2.35. The highest BCUT2D eigenvalue weighted by atomic mass is 35.5. The Labute approximate surface area is 197 Å². The van der Waals surface area contributed by atoms with Crippen LogP contribution in [-0.2, 0) is 10.3 Å². The molecule has 2 fully saturated rings. The van der Waals surface area contributed by atoms with Gasteiger partial charge in [-0.15, -0.1) is 0 Å². The van der Waals surface area contributed by atoms with Crippen LogP contribution < -0.4 is 10.2 Å². The minimum absolute atomic E-state index is 0.0790. The molecule has 3 amide bonds. The normalized spacial score (nSPS) is 22.9. The zero-order chi connectivity index (χ0) is 22.9. The van der Waals surface area contributed by atoms with Gasteiger partial charge < -0.3 is 15.3 Å². The number of carbonyl (C=O) groups is 2. The summed E-state index contributed by atoms with van der Waals surface area (Å²) in [7, 11) is 0. The quantitative estimate of drug-likeness (QED) is 0.626. The molecule has 7 nitrogen and oxygen atoms in total. The summed E-state index contributed by atoms with van der Waals surface area (Å²) >= 11 is 12.2. The number of nitrogens with one attached hydrogen (secondary N) is 1. The van der Waals surface area contributed by atoms with E-state index in [1.807, 2.05) is 18.2 Å². The molecule has 0 aromatic heterocycles. The van der Waals surface area contributed by atoms with Crippen LogP contribution in [0.4, 0.5) is 10.5 Å². The number of piperazine rings is 1. The number of amides is 3. The molecular formula is C23H26Cl2N4O3. The smallest absolute Gasteiger partial charge is 0.325 e. The van der Waals surface area contributed by atoms with Gasteiger partial charge in [0.1, 0.15) is 5.54 Å². The minimum Gasteiger partial charge on any atom is -0.390 e. The number of aliphatic hydroxyl groups is 1. The van der Waals surface area contributed by atoms with Crippen molar-refractivity contribution in [1.29, 1.82) is 0 Å². The van der Waals surface area contributed by atoms with Crippen LogP contribution in [0.5, 0.6) is 0 Å². The Kier molecular flexibility index (Phi) is 6.62. The fraction of sp³-hybridized carbons (Fsp3) is 0.391. The zero-order valence-electron chi connectivity index (χ0n) is 17.8. The molecule has 2 aromatic carbocycles.